The molecular weight excluding hydrogens is 374 g/mol. The van der Waals surface area contributed by atoms with E-state index < -0.39 is 4.92 Å². The normalized spacial score (nSPS) is 11.7. The lowest BCUT2D eigenvalue weighted by Gasteiger charge is -2.11. The van der Waals surface area contributed by atoms with Gasteiger partial charge < -0.3 is 0 Å². The Morgan fingerprint density at radius 2 is 1.93 bits per heavy atom. The van der Waals surface area contributed by atoms with E-state index in [0.717, 1.165) is 4.88 Å². The molecule has 0 aliphatic carbocycles. The molecule has 0 unspecified atom stereocenters. The maximum Gasteiger partial charge on any atom is 0.271 e. The van der Waals surface area contributed by atoms with Crippen LogP contribution in [0.4, 0.5) is 5.69 Å². The first kappa shape index (κ1) is 17.8. The molecule has 0 spiro atoms. The zero-order valence-corrected chi connectivity index (χ0v) is 15.7. The first-order valence-corrected chi connectivity index (χ1v) is 9.41. The molecule has 7 heteroatoms. The maximum atomic E-state index is 13.3. The third kappa shape index (κ3) is 3.23. The van der Waals surface area contributed by atoms with Gasteiger partial charge in [-0.3, -0.25) is 19.5 Å². The molecule has 0 bridgehead atoms. The smallest absolute Gasteiger partial charge is 0.271 e. The molecule has 6 nitrogen and oxygen atoms in total. The molecule has 2 heterocycles. The van der Waals surface area contributed by atoms with Gasteiger partial charge in [0.15, 0.2) is 0 Å². The minimum atomic E-state index is -0.453. The molecule has 0 fully saturated rings. The predicted octanol–water partition coefficient (Wildman–Crippen LogP) is 5.20. The van der Waals surface area contributed by atoms with Crippen molar-refractivity contribution in [3.8, 4) is 0 Å². The quantitative estimate of drug-likeness (QED) is 0.203. The van der Waals surface area contributed by atoms with Gasteiger partial charge in [0.1, 0.15) is 5.82 Å². The van der Waals surface area contributed by atoms with Crippen molar-refractivity contribution >= 4 is 45.6 Å². The fourth-order valence-corrected chi connectivity index (χ4v) is 3.74. The Bertz CT molecular complexity index is 1210. The number of carbonyl (C=O) groups excluding carboxylic acids is 1. The first-order chi connectivity index (χ1) is 13.5. The highest BCUT2D eigenvalue weighted by Crippen LogP contribution is 2.28. The Kier molecular flexibility index (Phi) is 4.58. The third-order valence-electron chi connectivity index (χ3n) is 4.35. The van der Waals surface area contributed by atoms with Gasteiger partial charge in [-0.1, -0.05) is 36.4 Å². The molecule has 28 heavy (non-hydrogen) atoms. The van der Waals surface area contributed by atoms with E-state index in [0.29, 0.717) is 28.1 Å². The van der Waals surface area contributed by atoms with E-state index in [1.807, 2.05) is 41.8 Å². The van der Waals surface area contributed by atoms with Crippen molar-refractivity contribution in [2.75, 3.05) is 0 Å². The number of nitro groups is 1. The molecule has 138 valence electrons. The summed E-state index contributed by atoms with van der Waals surface area (Å²) >= 11 is 1.53. The number of allylic oxidation sites excluding steroid dienone is 1. The molecule has 0 saturated carbocycles. The van der Waals surface area contributed by atoms with Crippen LogP contribution in [0.15, 0.2) is 66.0 Å². The van der Waals surface area contributed by atoms with Crippen molar-refractivity contribution < 1.29 is 9.72 Å². The van der Waals surface area contributed by atoms with E-state index in [4.69, 9.17) is 0 Å². The van der Waals surface area contributed by atoms with Crippen LogP contribution in [0.1, 0.15) is 21.1 Å². The van der Waals surface area contributed by atoms with Gasteiger partial charge in [0.05, 0.1) is 21.7 Å². The highest BCUT2D eigenvalue weighted by Gasteiger charge is 2.20. The number of hydrogen-bond donors (Lipinski definition) is 0. The molecule has 4 aromatic rings. The number of benzene rings is 2. The Morgan fingerprint density at radius 3 is 2.61 bits per heavy atom. The minimum absolute atomic E-state index is 0.0321. The van der Waals surface area contributed by atoms with Crippen LogP contribution in [0.2, 0.25) is 0 Å². The van der Waals surface area contributed by atoms with E-state index in [-0.39, 0.29) is 11.5 Å². The summed E-state index contributed by atoms with van der Waals surface area (Å²) in [4.78, 5) is 29.3. The molecule has 2 aromatic carbocycles. The van der Waals surface area contributed by atoms with Gasteiger partial charge in [-0.25, -0.2) is 4.98 Å². The number of thiophene rings is 1. The van der Waals surface area contributed by atoms with Gasteiger partial charge in [0.2, 0.25) is 5.78 Å². The topological polar surface area (TPSA) is 78.0 Å². The lowest BCUT2D eigenvalue weighted by Crippen LogP contribution is -2.10. The molecule has 0 radical (unpaired) electrons. The first-order valence-electron chi connectivity index (χ1n) is 8.53. The van der Waals surface area contributed by atoms with E-state index in [2.05, 4.69) is 4.98 Å². The number of nitrogens with zero attached hydrogens (tertiary/aromatic N) is 3. The summed E-state index contributed by atoms with van der Waals surface area (Å²) in [5, 5.41) is 13.0. The lowest BCUT2D eigenvalue weighted by atomic mass is 10.1. The number of Topliss-reactive ketones (excluding diaryl/α,β-unsaturated/α-hetero) is 1. The Morgan fingerprint density at radius 1 is 1.14 bits per heavy atom. The van der Waals surface area contributed by atoms with Crippen molar-refractivity contribution in [2.45, 2.75) is 6.92 Å². The number of non-ortho nitro benzene ring substituents is 1. The van der Waals surface area contributed by atoms with Gasteiger partial charge >= 0.3 is 0 Å². The number of fused-ring (bicyclic) bond motifs is 1. The molecule has 0 amide bonds. The zero-order chi connectivity index (χ0) is 19.7. The molecule has 0 saturated heterocycles. The molecule has 0 aliphatic rings. The van der Waals surface area contributed by atoms with Crippen molar-refractivity contribution in [1.82, 2.24) is 9.55 Å². The average molecular weight is 389 g/mol. The van der Waals surface area contributed by atoms with Gasteiger partial charge in [-0.05, 0) is 30.5 Å². The fourth-order valence-electron chi connectivity index (χ4n) is 3.08. The second-order valence-corrected chi connectivity index (χ2v) is 7.14. The van der Waals surface area contributed by atoms with Crippen LogP contribution in [0.3, 0.4) is 0 Å². The van der Waals surface area contributed by atoms with E-state index in [1.165, 1.54) is 23.5 Å². The standard InChI is InChI=1S/C21H15N3O3S/c1-14-22-18-12-16(24(26)27)9-10-19(18)23(14)20(13-17-8-5-11-28-17)21(25)15-6-3-2-4-7-15/h2-13H,1H3/b20-13-. The van der Waals surface area contributed by atoms with Crippen molar-refractivity contribution in [3.05, 3.63) is 92.4 Å². The summed E-state index contributed by atoms with van der Waals surface area (Å²) < 4.78 is 1.76. The summed E-state index contributed by atoms with van der Waals surface area (Å²) in [7, 11) is 0. The lowest BCUT2D eigenvalue weighted by molar-refractivity contribution is -0.384. The van der Waals surface area contributed by atoms with E-state index >= 15 is 0 Å². The molecular formula is C21H15N3O3S. The highest BCUT2D eigenvalue weighted by molar-refractivity contribution is 7.10. The SMILES string of the molecule is Cc1nc2cc([N+](=O)[O-])ccc2n1/C(=C\c1cccs1)C(=O)c1ccccc1. The van der Waals surface area contributed by atoms with Gasteiger partial charge in [-0.15, -0.1) is 11.3 Å². The van der Waals surface area contributed by atoms with Crippen LogP contribution in [-0.4, -0.2) is 20.3 Å². The Hall–Kier alpha value is -3.58. The molecule has 0 N–H and O–H groups in total. The maximum absolute atomic E-state index is 13.3. The number of ketones is 1. The minimum Gasteiger partial charge on any atom is -0.293 e. The predicted molar refractivity (Wildman–Crippen MR) is 110 cm³/mol. The van der Waals surface area contributed by atoms with Crippen LogP contribution >= 0.6 is 11.3 Å². The van der Waals surface area contributed by atoms with Crippen molar-refractivity contribution in [1.29, 1.82) is 0 Å². The highest BCUT2D eigenvalue weighted by atomic mass is 32.1. The fraction of sp³-hybridized carbons (Fsp3) is 0.0476. The summed E-state index contributed by atoms with van der Waals surface area (Å²) in [6, 6.07) is 17.4. The van der Waals surface area contributed by atoms with Crippen LogP contribution in [0.5, 0.6) is 0 Å². The summed E-state index contributed by atoms with van der Waals surface area (Å²) in [5.74, 6) is 0.442. The number of imidazole rings is 1. The second-order valence-electron chi connectivity index (χ2n) is 6.16. The largest absolute Gasteiger partial charge is 0.293 e. The van der Waals surface area contributed by atoms with Crippen LogP contribution in [0, 0.1) is 17.0 Å². The monoisotopic (exact) mass is 389 g/mol. The third-order valence-corrected chi connectivity index (χ3v) is 5.17. The summed E-state index contributed by atoms with van der Waals surface area (Å²) in [6.45, 7) is 1.78. The van der Waals surface area contributed by atoms with Crippen LogP contribution in [-0.2, 0) is 0 Å². The number of aryl methyl sites for hydroxylation is 1. The van der Waals surface area contributed by atoms with Crippen LogP contribution < -0.4 is 0 Å². The number of rotatable bonds is 5. The van der Waals surface area contributed by atoms with E-state index in [9.17, 15) is 14.9 Å². The number of aromatic nitrogens is 2. The number of carbonyl (C=O) groups is 1. The zero-order valence-electron chi connectivity index (χ0n) is 14.9. The van der Waals surface area contributed by atoms with Crippen molar-refractivity contribution in [2.24, 2.45) is 0 Å². The molecule has 0 aliphatic heterocycles. The second kappa shape index (κ2) is 7.21. The summed E-state index contributed by atoms with van der Waals surface area (Å²) in [6.07, 6.45) is 1.83. The van der Waals surface area contributed by atoms with Gasteiger partial charge in [0.25, 0.3) is 5.69 Å². The van der Waals surface area contributed by atoms with Gasteiger partial charge in [-0.2, -0.15) is 0 Å². The summed E-state index contributed by atoms with van der Waals surface area (Å²) in [5.41, 5.74) is 2.10. The molecule has 2 aromatic heterocycles. The molecule has 4 rings (SSSR count). The van der Waals surface area contributed by atoms with Crippen molar-refractivity contribution in [3.63, 3.8) is 0 Å². The van der Waals surface area contributed by atoms with E-state index in [1.54, 1.807) is 29.7 Å². The Labute approximate surface area is 164 Å². The Balaban J connectivity index is 1.93. The molecule has 0 atom stereocenters. The van der Waals surface area contributed by atoms with Crippen LogP contribution in [0.25, 0.3) is 22.8 Å². The number of hydrogen-bond acceptors (Lipinski definition) is 5. The number of nitro benzene ring substituents is 1. The average Bonchev–Trinajstić information content (AvgIpc) is 3.32. The van der Waals surface area contributed by atoms with Gasteiger partial charge in [0, 0.05) is 22.6 Å².